The van der Waals surface area contributed by atoms with Crippen molar-refractivity contribution in [3.05, 3.63) is 12.2 Å². The molecule has 0 N–H and O–H groups in total. The summed E-state index contributed by atoms with van der Waals surface area (Å²) >= 11 is 0. The van der Waals surface area contributed by atoms with Gasteiger partial charge in [0, 0.05) is 5.57 Å². The lowest BCUT2D eigenvalue weighted by molar-refractivity contribution is -0.139. The number of carbonyl (C=O) groups is 1. The number of ether oxygens (including phenoxy) is 1. The van der Waals surface area contributed by atoms with Crippen molar-refractivity contribution in [2.24, 2.45) is 0 Å². The molecule has 0 aromatic rings. The van der Waals surface area contributed by atoms with E-state index in [1.165, 1.54) is 103 Å². The van der Waals surface area contributed by atoms with Gasteiger partial charge in [-0.2, -0.15) is 0 Å². The quantitative estimate of drug-likeness (QED) is 0.135. The van der Waals surface area contributed by atoms with Crippen LogP contribution in [0.3, 0.4) is 0 Å². The summed E-state index contributed by atoms with van der Waals surface area (Å²) in [5, 5.41) is 0. The van der Waals surface area contributed by atoms with Crippen LogP contribution in [0.1, 0.15) is 123 Å². The van der Waals surface area contributed by atoms with Crippen molar-refractivity contribution in [3.8, 4) is 0 Å². The Morgan fingerprint density at radius 2 is 0.960 bits per heavy atom. The van der Waals surface area contributed by atoms with Crippen molar-refractivity contribution >= 4 is 5.97 Å². The maximum absolute atomic E-state index is 11.2. The van der Waals surface area contributed by atoms with Gasteiger partial charge in [-0.1, -0.05) is 116 Å². The van der Waals surface area contributed by atoms with Crippen LogP contribution in [-0.4, -0.2) is 12.6 Å². The van der Waals surface area contributed by atoms with Crippen LogP contribution < -0.4 is 0 Å². The van der Waals surface area contributed by atoms with Gasteiger partial charge in [-0.25, -0.2) is 4.79 Å². The molecule has 0 heterocycles. The van der Waals surface area contributed by atoms with Crippen molar-refractivity contribution in [1.82, 2.24) is 0 Å². The van der Waals surface area contributed by atoms with Crippen LogP contribution >= 0.6 is 0 Å². The highest BCUT2D eigenvalue weighted by Crippen LogP contribution is 2.14. The number of unbranched alkanes of at least 4 members (excludes halogenated alkanes) is 16. The molecule has 0 aliphatic carbocycles. The van der Waals surface area contributed by atoms with Crippen molar-refractivity contribution in [2.45, 2.75) is 123 Å². The van der Waals surface area contributed by atoms with Crippen LogP contribution in [0, 0.1) is 0 Å². The highest BCUT2D eigenvalue weighted by Gasteiger charge is 2.01. The molecule has 0 spiro atoms. The molecule has 2 heteroatoms. The Balaban J connectivity index is 3.05. The smallest absolute Gasteiger partial charge is 0.333 e. The third kappa shape index (κ3) is 19.4. The number of hydrogen-bond donors (Lipinski definition) is 0. The lowest BCUT2D eigenvalue weighted by atomic mass is 10.0. The zero-order chi connectivity index (χ0) is 18.6. The van der Waals surface area contributed by atoms with Crippen LogP contribution in [0.25, 0.3) is 0 Å². The second-order valence-corrected chi connectivity index (χ2v) is 7.57. The third-order valence-corrected chi connectivity index (χ3v) is 4.83. The van der Waals surface area contributed by atoms with Crippen molar-refractivity contribution in [3.63, 3.8) is 0 Å². The minimum Gasteiger partial charge on any atom is -0.462 e. The highest BCUT2D eigenvalue weighted by molar-refractivity contribution is 5.86. The van der Waals surface area contributed by atoms with Gasteiger partial charge >= 0.3 is 5.97 Å². The minimum atomic E-state index is -0.253. The van der Waals surface area contributed by atoms with E-state index in [2.05, 4.69) is 13.5 Å². The van der Waals surface area contributed by atoms with E-state index < -0.39 is 0 Å². The summed E-state index contributed by atoms with van der Waals surface area (Å²) in [6.07, 6.45) is 23.2. The number of hydrogen-bond acceptors (Lipinski definition) is 2. The summed E-state index contributed by atoms with van der Waals surface area (Å²) in [6.45, 7) is 8.10. The standard InChI is InChI=1S/C23H44O2/c1-4-5-6-7-8-9-10-11-12-13-14-15-16-17-18-19-20-21-25-23(24)22(2)3/h2,4-21H2,1,3H3. The monoisotopic (exact) mass is 352 g/mol. The summed E-state index contributed by atoms with van der Waals surface area (Å²) in [4.78, 5) is 11.2. The first-order chi connectivity index (χ1) is 12.2. The second-order valence-electron chi connectivity index (χ2n) is 7.57. The first-order valence-corrected chi connectivity index (χ1v) is 11.0. The zero-order valence-corrected chi connectivity index (χ0v) is 17.3. The first-order valence-electron chi connectivity index (χ1n) is 11.0. The molecule has 0 saturated heterocycles. The molecule has 0 radical (unpaired) electrons. The summed E-state index contributed by atoms with van der Waals surface area (Å²) in [6, 6.07) is 0. The Labute approximate surface area is 157 Å². The molecular formula is C23H44O2. The fourth-order valence-corrected chi connectivity index (χ4v) is 3.12. The third-order valence-electron chi connectivity index (χ3n) is 4.83. The van der Waals surface area contributed by atoms with Gasteiger partial charge in [0.25, 0.3) is 0 Å². The predicted octanol–water partition coefficient (Wildman–Crippen LogP) is 7.76. The summed E-state index contributed by atoms with van der Waals surface area (Å²) in [5.74, 6) is -0.253. The van der Waals surface area contributed by atoms with Gasteiger partial charge in [0.1, 0.15) is 0 Å². The molecule has 148 valence electrons. The minimum absolute atomic E-state index is 0.253. The molecule has 0 atom stereocenters. The van der Waals surface area contributed by atoms with E-state index in [1.807, 2.05) is 0 Å². The molecule has 0 aliphatic rings. The maximum atomic E-state index is 11.2. The number of rotatable bonds is 19. The molecule has 0 aromatic carbocycles. The lowest BCUT2D eigenvalue weighted by Gasteiger charge is -2.05. The van der Waals surface area contributed by atoms with Crippen molar-refractivity contribution < 1.29 is 9.53 Å². The molecule has 0 fully saturated rings. The van der Waals surface area contributed by atoms with E-state index in [0.29, 0.717) is 12.2 Å². The summed E-state index contributed by atoms with van der Waals surface area (Å²) < 4.78 is 5.09. The van der Waals surface area contributed by atoms with Gasteiger partial charge in [-0.15, -0.1) is 0 Å². The normalized spacial score (nSPS) is 10.8. The molecule has 0 rings (SSSR count). The molecule has 0 aromatic heterocycles. The molecule has 2 nitrogen and oxygen atoms in total. The molecule has 0 amide bonds. The molecule has 0 bridgehead atoms. The first kappa shape index (κ1) is 24.2. The van der Waals surface area contributed by atoms with E-state index in [9.17, 15) is 4.79 Å². The summed E-state index contributed by atoms with van der Waals surface area (Å²) in [7, 11) is 0. The summed E-state index contributed by atoms with van der Waals surface area (Å²) in [5.41, 5.74) is 0.493. The van der Waals surface area contributed by atoms with E-state index in [1.54, 1.807) is 6.92 Å². The second kappa shape index (κ2) is 19.5. The van der Waals surface area contributed by atoms with Crippen LogP contribution in [-0.2, 0) is 9.53 Å². The van der Waals surface area contributed by atoms with E-state index in [0.717, 1.165) is 6.42 Å². The van der Waals surface area contributed by atoms with Gasteiger partial charge in [0.2, 0.25) is 0 Å². The van der Waals surface area contributed by atoms with Gasteiger partial charge in [0.05, 0.1) is 6.61 Å². The van der Waals surface area contributed by atoms with E-state index >= 15 is 0 Å². The molecule has 25 heavy (non-hydrogen) atoms. The average Bonchev–Trinajstić information content (AvgIpc) is 2.60. The van der Waals surface area contributed by atoms with Gasteiger partial charge in [-0.05, 0) is 13.3 Å². The maximum Gasteiger partial charge on any atom is 0.333 e. The SMILES string of the molecule is C=C(C)C(=O)OCCCCCCCCCCCCCCCCCCC. The molecule has 0 aliphatic heterocycles. The molecular weight excluding hydrogens is 308 g/mol. The van der Waals surface area contributed by atoms with E-state index in [4.69, 9.17) is 4.74 Å². The largest absolute Gasteiger partial charge is 0.462 e. The van der Waals surface area contributed by atoms with Crippen molar-refractivity contribution in [2.75, 3.05) is 6.61 Å². The van der Waals surface area contributed by atoms with Crippen LogP contribution in [0.5, 0.6) is 0 Å². The van der Waals surface area contributed by atoms with Crippen molar-refractivity contribution in [1.29, 1.82) is 0 Å². The highest BCUT2D eigenvalue weighted by atomic mass is 16.5. The fraction of sp³-hybridized carbons (Fsp3) is 0.870. The Kier molecular flexibility index (Phi) is 18.9. The lowest BCUT2D eigenvalue weighted by Crippen LogP contribution is -2.05. The van der Waals surface area contributed by atoms with Crippen LogP contribution in [0.4, 0.5) is 0 Å². The van der Waals surface area contributed by atoms with Gasteiger partial charge in [0.15, 0.2) is 0 Å². The molecule has 0 unspecified atom stereocenters. The zero-order valence-electron chi connectivity index (χ0n) is 17.3. The van der Waals surface area contributed by atoms with Gasteiger partial charge < -0.3 is 4.74 Å². The Morgan fingerprint density at radius 3 is 1.28 bits per heavy atom. The average molecular weight is 353 g/mol. The topological polar surface area (TPSA) is 26.3 Å². The van der Waals surface area contributed by atoms with Gasteiger partial charge in [-0.3, -0.25) is 0 Å². The molecule has 0 saturated carbocycles. The fourth-order valence-electron chi connectivity index (χ4n) is 3.12. The Morgan fingerprint density at radius 1 is 0.640 bits per heavy atom. The Bertz CT molecular complexity index is 309. The number of esters is 1. The predicted molar refractivity (Wildman–Crippen MR) is 110 cm³/mol. The van der Waals surface area contributed by atoms with Crippen LogP contribution in [0.15, 0.2) is 12.2 Å². The van der Waals surface area contributed by atoms with Crippen LogP contribution in [0.2, 0.25) is 0 Å². The number of carbonyl (C=O) groups excluding carboxylic acids is 1. The van der Waals surface area contributed by atoms with E-state index in [-0.39, 0.29) is 5.97 Å². The Hall–Kier alpha value is -0.790.